The van der Waals surface area contributed by atoms with E-state index in [0.29, 0.717) is 26.4 Å². The third-order valence-corrected chi connectivity index (χ3v) is 4.28. The van der Waals surface area contributed by atoms with Crippen molar-refractivity contribution in [2.24, 2.45) is 0 Å². The number of amides is 2. The molecule has 0 spiro atoms. The predicted molar refractivity (Wildman–Crippen MR) is 87.9 cm³/mol. The minimum Gasteiger partial charge on any atom is -0.382 e. The number of carbonyl (C=O) groups excluding carboxylic acids is 1. The molecule has 2 aliphatic heterocycles. The molecule has 2 saturated heterocycles. The van der Waals surface area contributed by atoms with Gasteiger partial charge in [0, 0.05) is 32.9 Å². The second-order valence-electron chi connectivity index (χ2n) is 5.88. The molecule has 0 aliphatic carbocycles. The van der Waals surface area contributed by atoms with Gasteiger partial charge in [-0.05, 0) is 25.0 Å². The molecular formula is C16H24N4O3. The summed E-state index contributed by atoms with van der Waals surface area (Å²) < 4.78 is 10.6. The van der Waals surface area contributed by atoms with Gasteiger partial charge < -0.3 is 24.6 Å². The largest absolute Gasteiger partial charge is 0.382 e. The van der Waals surface area contributed by atoms with E-state index in [0.717, 1.165) is 24.6 Å². The lowest BCUT2D eigenvalue weighted by atomic mass is 10.2. The average Bonchev–Trinajstić information content (AvgIpc) is 3.10. The molecule has 1 unspecified atom stereocenters. The zero-order valence-electron chi connectivity index (χ0n) is 13.5. The molecule has 1 aromatic heterocycles. The van der Waals surface area contributed by atoms with Gasteiger partial charge in [0.05, 0.1) is 31.5 Å². The van der Waals surface area contributed by atoms with Crippen molar-refractivity contribution in [3.63, 3.8) is 0 Å². The van der Waals surface area contributed by atoms with Crippen molar-refractivity contribution in [1.29, 1.82) is 0 Å². The molecule has 1 atom stereocenters. The Bertz CT molecular complexity index is 532. The van der Waals surface area contributed by atoms with Crippen molar-refractivity contribution in [2.45, 2.75) is 18.9 Å². The fourth-order valence-corrected chi connectivity index (χ4v) is 3.12. The number of hydrogen-bond donors (Lipinski definition) is 1. The molecule has 1 N–H and O–H groups in total. The maximum Gasteiger partial charge on any atom is 0.322 e. The molecule has 2 amide bonds. The van der Waals surface area contributed by atoms with E-state index in [4.69, 9.17) is 9.47 Å². The quantitative estimate of drug-likeness (QED) is 0.912. The van der Waals surface area contributed by atoms with Gasteiger partial charge in [-0.25, -0.2) is 9.78 Å². The number of urea groups is 1. The molecule has 23 heavy (non-hydrogen) atoms. The summed E-state index contributed by atoms with van der Waals surface area (Å²) in [5, 5.41) is 3.02. The predicted octanol–water partition coefficient (Wildman–Crippen LogP) is 1.56. The van der Waals surface area contributed by atoms with Crippen LogP contribution < -0.4 is 10.2 Å². The Kier molecular flexibility index (Phi) is 5.30. The van der Waals surface area contributed by atoms with E-state index < -0.39 is 0 Å². The van der Waals surface area contributed by atoms with Crippen LogP contribution in [0.2, 0.25) is 0 Å². The first-order chi connectivity index (χ1) is 11.3. The first-order valence-electron chi connectivity index (χ1n) is 8.14. The van der Waals surface area contributed by atoms with Crippen LogP contribution in [0.15, 0.2) is 18.3 Å². The maximum absolute atomic E-state index is 12.7. The van der Waals surface area contributed by atoms with Crippen LogP contribution in [0.1, 0.15) is 12.8 Å². The Labute approximate surface area is 136 Å². The van der Waals surface area contributed by atoms with E-state index in [1.165, 1.54) is 12.8 Å². The standard InChI is InChI=1S/C16H24N4O3/c1-22-11-13-12-23-10-9-20(13)16(21)18-14-5-4-6-17-15(14)19-7-2-3-8-19/h4-6,13H,2-3,7-12H2,1H3,(H,18,21). The zero-order chi connectivity index (χ0) is 16.1. The third kappa shape index (κ3) is 3.73. The van der Waals surface area contributed by atoms with Crippen LogP contribution in [0, 0.1) is 0 Å². The molecule has 0 radical (unpaired) electrons. The van der Waals surface area contributed by atoms with Crippen molar-refractivity contribution in [3.05, 3.63) is 18.3 Å². The van der Waals surface area contributed by atoms with Crippen LogP contribution >= 0.6 is 0 Å². The van der Waals surface area contributed by atoms with Gasteiger partial charge in [0.25, 0.3) is 0 Å². The number of morpholine rings is 1. The minimum absolute atomic E-state index is 0.0549. The monoisotopic (exact) mass is 320 g/mol. The third-order valence-electron chi connectivity index (χ3n) is 4.28. The number of nitrogens with zero attached hydrogens (tertiary/aromatic N) is 3. The lowest BCUT2D eigenvalue weighted by Crippen LogP contribution is -2.52. The highest BCUT2D eigenvalue weighted by molar-refractivity contribution is 5.92. The zero-order valence-corrected chi connectivity index (χ0v) is 13.5. The molecule has 3 heterocycles. The van der Waals surface area contributed by atoms with Crippen LogP contribution in [0.5, 0.6) is 0 Å². The maximum atomic E-state index is 12.7. The lowest BCUT2D eigenvalue weighted by Gasteiger charge is -2.35. The second-order valence-corrected chi connectivity index (χ2v) is 5.88. The van der Waals surface area contributed by atoms with E-state index in [1.54, 1.807) is 18.2 Å². The van der Waals surface area contributed by atoms with Crippen LogP contribution in [0.3, 0.4) is 0 Å². The van der Waals surface area contributed by atoms with Gasteiger partial charge in [-0.2, -0.15) is 0 Å². The molecule has 0 saturated carbocycles. The summed E-state index contributed by atoms with van der Waals surface area (Å²) in [7, 11) is 1.64. The van der Waals surface area contributed by atoms with Gasteiger partial charge in [-0.1, -0.05) is 0 Å². The highest BCUT2D eigenvalue weighted by Crippen LogP contribution is 2.26. The normalized spacial score (nSPS) is 21.5. The van der Waals surface area contributed by atoms with Gasteiger partial charge >= 0.3 is 6.03 Å². The molecule has 7 heteroatoms. The molecule has 0 bridgehead atoms. The summed E-state index contributed by atoms with van der Waals surface area (Å²) in [5.41, 5.74) is 0.766. The van der Waals surface area contributed by atoms with Crippen LogP contribution in [0.4, 0.5) is 16.3 Å². The number of ether oxygens (including phenoxy) is 2. The highest BCUT2D eigenvalue weighted by atomic mass is 16.5. The topological polar surface area (TPSA) is 66.9 Å². The summed E-state index contributed by atoms with van der Waals surface area (Å²) in [6.07, 6.45) is 4.11. The number of hydrogen-bond acceptors (Lipinski definition) is 5. The summed E-state index contributed by atoms with van der Waals surface area (Å²) >= 11 is 0. The van der Waals surface area contributed by atoms with E-state index in [1.807, 2.05) is 12.1 Å². The number of aromatic nitrogens is 1. The molecule has 0 aromatic carbocycles. The van der Waals surface area contributed by atoms with E-state index >= 15 is 0 Å². The minimum atomic E-state index is -0.121. The van der Waals surface area contributed by atoms with Gasteiger partial charge in [-0.3, -0.25) is 0 Å². The number of carbonyl (C=O) groups is 1. The molecule has 2 fully saturated rings. The molecule has 126 valence electrons. The molecular weight excluding hydrogens is 296 g/mol. The lowest BCUT2D eigenvalue weighted by molar-refractivity contribution is -0.0133. The second kappa shape index (κ2) is 7.61. The van der Waals surface area contributed by atoms with Crippen molar-refractivity contribution in [2.75, 3.05) is 56.8 Å². The van der Waals surface area contributed by atoms with Gasteiger partial charge in [0.15, 0.2) is 5.82 Å². The number of anilines is 2. The molecule has 2 aliphatic rings. The number of rotatable bonds is 4. The number of methoxy groups -OCH3 is 1. The Balaban J connectivity index is 1.72. The highest BCUT2D eigenvalue weighted by Gasteiger charge is 2.28. The SMILES string of the molecule is COCC1COCCN1C(=O)Nc1cccnc1N1CCCC1. The average molecular weight is 320 g/mol. The van der Waals surface area contributed by atoms with Crippen molar-refractivity contribution >= 4 is 17.5 Å². The summed E-state index contributed by atoms with van der Waals surface area (Å²) in [5.74, 6) is 0.856. The van der Waals surface area contributed by atoms with Crippen LogP contribution in [-0.2, 0) is 9.47 Å². The van der Waals surface area contributed by atoms with E-state index in [-0.39, 0.29) is 12.1 Å². The van der Waals surface area contributed by atoms with Crippen molar-refractivity contribution < 1.29 is 14.3 Å². The summed E-state index contributed by atoms with van der Waals surface area (Å²) in [6, 6.07) is 3.58. The summed E-state index contributed by atoms with van der Waals surface area (Å²) in [4.78, 5) is 21.1. The first-order valence-corrected chi connectivity index (χ1v) is 8.14. The Morgan fingerprint density at radius 2 is 2.26 bits per heavy atom. The first kappa shape index (κ1) is 16.0. The fourth-order valence-electron chi connectivity index (χ4n) is 3.12. The van der Waals surface area contributed by atoms with Gasteiger partial charge in [0.2, 0.25) is 0 Å². The number of nitrogens with one attached hydrogen (secondary N) is 1. The number of pyridine rings is 1. The van der Waals surface area contributed by atoms with Crippen molar-refractivity contribution in [1.82, 2.24) is 9.88 Å². The molecule has 3 rings (SSSR count). The van der Waals surface area contributed by atoms with E-state index in [9.17, 15) is 4.79 Å². The fraction of sp³-hybridized carbons (Fsp3) is 0.625. The molecule has 7 nitrogen and oxygen atoms in total. The smallest absolute Gasteiger partial charge is 0.322 e. The van der Waals surface area contributed by atoms with Crippen LogP contribution in [0.25, 0.3) is 0 Å². The Hall–Kier alpha value is -1.86. The Morgan fingerprint density at radius 3 is 3.04 bits per heavy atom. The van der Waals surface area contributed by atoms with E-state index in [2.05, 4.69) is 15.2 Å². The summed E-state index contributed by atoms with van der Waals surface area (Å²) in [6.45, 7) is 4.08. The van der Waals surface area contributed by atoms with Crippen LogP contribution in [-0.4, -0.2) is 68.5 Å². The molecule has 1 aromatic rings. The van der Waals surface area contributed by atoms with Crippen molar-refractivity contribution in [3.8, 4) is 0 Å². The van der Waals surface area contributed by atoms with Gasteiger partial charge in [-0.15, -0.1) is 0 Å². The Morgan fingerprint density at radius 1 is 1.43 bits per heavy atom. The van der Waals surface area contributed by atoms with Gasteiger partial charge in [0.1, 0.15) is 0 Å².